The van der Waals surface area contributed by atoms with Crippen molar-refractivity contribution in [1.29, 1.82) is 0 Å². The molecule has 0 aliphatic heterocycles. The van der Waals surface area contributed by atoms with Crippen LogP contribution in [0.25, 0.3) is 0 Å². The van der Waals surface area contributed by atoms with Crippen LogP contribution in [-0.4, -0.2) is 12.6 Å². The quantitative estimate of drug-likeness (QED) is 0.658. The molecule has 106 valence electrons. The first kappa shape index (κ1) is 16.1. The molecule has 0 amide bonds. The van der Waals surface area contributed by atoms with Gasteiger partial charge in [0, 0.05) is 5.69 Å². The lowest BCUT2D eigenvalue weighted by Gasteiger charge is -2.22. The van der Waals surface area contributed by atoms with Crippen LogP contribution < -0.4 is 5.73 Å². The summed E-state index contributed by atoms with van der Waals surface area (Å²) in [7, 11) is 0. The van der Waals surface area contributed by atoms with Gasteiger partial charge >= 0.3 is 5.97 Å². The zero-order valence-electron chi connectivity index (χ0n) is 11.4. The third kappa shape index (κ3) is 4.02. The second kappa shape index (κ2) is 6.49. The Labute approximate surface area is 124 Å². The first-order chi connectivity index (χ1) is 8.79. The SMILES string of the molecule is CCOC(=O)C(C)(C)CCc1c(N)ccc(Cl)c1Cl. The molecule has 0 aliphatic rings. The third-order valence-electron chi connectivity index (χ3n) is 3.06. The second-order valence-electron chi connectivity index (χ2n) is 5.03. The van der Waals surface area contributed by atoms with Crippen LogP contribution in [-0.2, 0) is 16.0 Å². The molecule has 0 unspecified atom stereocenters. The minimum atomic E-state index is -0.575. The number of halogens is 2. The highest BCUT2D eigenvalue weighted by Crippen LogP contribution is 2.33. The molecule has 0 bridgehead atoms. The Morgan fingerprint density at radius 2 is 2.00 bits per heavy atom. The van der Waals surface area contributed by atoms with E-state index in [0.29, 0.717) is 35.2 Å². The van der Waals surface area contributed by atoms with Gasteiger partial charge in [-0.25, -0.2) is 0 Å². The highest BCUT2D eigenvalue weighted by atomic mass is 35.5. The van der Waals surface area contributed by atoms with Gasteiger partial charge in [0.15, 0.2) is 0 Å². The summed E-state index contributed by atoms with van der Waals surface area (Å²) >= 11 is 12.1. The van der Waals surface area contributed by atoms with Gasteiger partial charge in [0.05, 0.1) is 22.1 Å². The molecule has 1 aromatic rings. The molecule has 0 spiro atoms. The van der Waals surface area contributed by atoms with Gasteiger partial charge in [0.2, 0.25) is 0 Å². The topological polar surface area (TPSA) is 52.3 Å². The maximum Gasteiger partial charge on any atom is 0.311 e. The van der Waals surface area contributed by atoms with Gasteiger partial charge in [-0.1, -0.05) is 23.2 Å². The average molecular weight is 304 g/mol. The Kier molecular flexibility index (Phi) is 5.50. The van der Waals surface area contributed by atoms with Gasteiger partial charge < -0.3 is 10.5 Å². The molecular weight excluding hydrogens is 285 g/mol. The van der Waals surface area contributed by atoms with E-state index in [0.717, 1.165) is 5.56 Å². The lowest BCUT2D eigenvalue weighted by atomic mass is 9.86. The van der Waals surface area contributed by atoms with Crippen molar-refractivity contribution in [1.82, 2.24) is 0 Å². The number of nitrogens with two attached hydrogens (primary N) is 1. The van der Waals surface area contributed by atoms with Crippen LogP contribution in [0.1, 0.15) is 32.8 Å². The number of hydrogen-bond acceptors (Lipinski definition) is 3. The van der Waals surface area contributed by atoms with Crippen LogP contribution in [0.4, 0.5) is 5.69 Å². The fourth-order valence-corrected chi connectivity index (χ4v) is 2.17. The van der Waals surface area contributed by atoms with Crippen LogP contribution in [0.2, 0.25) is 10.0 Å². The van der Waals surface area contributed by atoms with Crippen molar-refractivity contribution in [2.75, 3.05) is 12.3 Å². The molecule has 3 nitrogen and oxygen atoms in total. The fourth-order valence-electron chi connectivity index (χ4n) is 1.73. The summed E-state index contributed by atoms with van der Waals surface area (Å²) in [5.74, 6) is -0.216. The van der Waals surface area contributed by atoms with Crippen molar-refractivity contribution in [3.8, 4) is 0 Å². The molecule has 0 aromatic heterocycles. The van der Waals surface area contributed by atoms with Crippen molar-refractivity contribution in [2.24, 2.45) is 5.41 Å². The number of esters is 1. The first-order valence-electron chi connectivity index (χ1n) is 6.19. The van der Waals surface area contributed by atoms with Crippen molar-refractivity contribution < 1.29 is 9.53 Å². The monoisotopic (exact) mass is 303 g/mol. The van der Waals surface area contributed by atoms with Gasteiger partial charge in [-0.2, -0.15) is 0 Å². The van der Waals surface area contributed by atoms with Crippen molar-refractivity contribution in [3.05, 3.63) is 27.7 Å². The minimum Gasteiger partial charge on any atom is -0.466 e. The van der Waals surface area contributed by atoms with E-state index in [1.165, 1.54) is 0 Å². The van der Waals surface area contributed by atoms with E-state index in [2.05, 4.69) is 0 Å². The number of hydrogen-bond donors (Lipinski definition) is 1. The standard InChI is InChI=1S/C14H19Cl2NO2/c1-4-19-13(18)14(2,3)8-7-9-11(17)6-5-10(15)12(9)16/h5-6H,4,7-8,17H2,1-3H3. The van der Waals surface area contributed by atoms with E-state index in [1.807, 2.05) is 13.8 Å². The highest BCUT2D eigenvalue weighted by molar-refractivity contribution is 6.42. The summed E-state index contributed by atoms with van der Waals surface area (Å²) in [6.45, 7) is 5.86. The smallest absolute Gasteiger partial charge is 0.311 e. The van der Waals surface area contributed by atoms with E-state index in [9.17, 15) is 4.79 Å². The van der Waals surface area contributed by atoms with E-state index in [1.54, 1.807) is 19.1 Å². The van der Waals surface area contributed by atoms with Gasteiger partial charge in [-0.3, -0.25) is 4.79 Å². The summed E-state index contributed by atoms with van der Waals surface area (Å²) < 4.78 is 5.05. The van der Waals surface area contributed by atoms with Crippen LogP contribution in [0.5, 0.6) is 0 Å². The van der Waals surface area contributed by atoms with E-state index in [-0.39, 0.29) is 5.97 Å². The molecule has 0 saturated carbocycles. The van der Waals surface area contributed by atoms with Crippen molar-refractivity contribution in [2.45, 2.75) is 33.6 Å². The molecule has 0 atom stereocenters. The number of anilines is 1. The maximum absolute atomic E-state index is 11.8. The highest BCUT2D eigenvalue weighted by Gasteiger charge is 2.29. The number of nitrogen functional groups attached to an aromatic ring is 1. The summed E-state index contributed by atoms with van der Waals surface area (Å²) in [6.07, 6.45) is 1.17. The fraction of sp³-hybridized carbons (Fsp3) is 0.500. The molecule has 0 heterocycles. The number of benzene rings is 1. The number of rotatable bonds is 5. The lowest BCUT2D eigenvalue weighted by Crippen LogP contribution is -2.27. The predicted octanol–water partition coefficient (Wildman–Crippen LogP) is 4.10. The molecule has 19 heavy (non-hydrogen) atoms. The van der Waals surface area contributed by atoms with E-state index >= 15 is 0 Å². The summed E-state index contributed by atoms with van der Waals surface area (Å²) in [5.41, 5.74) is 6.70. The molecule has 0 aliphatic carbocycles. The molecule has 1 aromatic carbocycles. The van der Waals surface area contributed by atoms with Gasteiger partial charge in [-0.15, -0.1) is 0 Å². The Bertz CT molecular complexity index is 473. The zero-order valence-corrected chi connectivity index (χ0v) is 12.9. The Morgan fingerprint density at radius 3 is 2.58 bits per heavy atom. The van der Waals surface area contributed by atoms with Gasteiger partial charge in [0.1, 0.15) is 0 Å². The van der Waals surface area contributed by atoms with Gasteiger partial charge in [-0.05, 0) is 51.3 Å². The molecule has 2 N–H and O–H groups in total. The first-order valence-corrected chi connectivity index (χ1v) is 6.94. The van der Waals surface area contributed by atoms with Crippen molar-refractivity contribution in [3.63, 3.8) is 0 Å². The average Bonchev–Trinajstić information content (AvgIpc) is 2.34. The second-order valence-corrected chi connectivity index (χ2v) is 5.82. The molecular formula is C14H19Cl2NO2. The number of ether oxygens (including phenoxy) is 1. The molecule has 0 radical (unpaired) electrons. The van der Waals surface area contributed by atoms with Crippen molar-refractivity contribution >= 4 is 34.9 Å². The van der Waals surface area contributed by atoms with Crippen LogP contribution in [0.3, 0.4) is 0 Å². The summed E-state index contributed by atoms with van der Waals surface area (Å²) in [6, 6.07) is 3.39. The number of carbonyl (C=O) groups excluding carboxylic acids is 1. The molecule has 0 fully saturated rings. The molecule has 5 heteroatoms. The lowest BCUT2D eigenvalue weighted by molar-refractivity contribution is -0.153. The Morgan fingerprint density at radius 1 is 1.37 bits per heavy atom. The van der Waals surface area contributed by atoms with Crippen LogP contribution in [0, 0.1) is 5.41 Å². The molecule has 0 saturated heterocycles. The van der Waals surface area contributed by atoms with Gasteiger partial charge in [0.25, 0.3) is 0 Å². The van der Waals surface area contributed by atoms with E-state index < -0.39 is 5.41 Å². The Hall–Kier alpha value is -0.930. The normalized spacial score (nSPS) is 11.4. The predicted molar refractivity (Wildman–Crippen MR) is 79.6 cm³/mol. The largest absolute Gasteiger partial charge is 0.466 e. The summed E-state index contributed by atoms with van der Waals surface area (Å²) in [4.78, 5) is 11.8. The zero-order chi connectivity index (χ0) is 14.6. The minimum absolute atomic E-state index is 0.216. The number of carbonyl (C=O) groups is 1. The molecule has 1 rings (SSSR count). The maximum atomic E-state index is 11.8. The Balaban J connectivity index is 2.82. The van der Waals surface area contributed by atoms with E-state index in [4.69, 9.17) is 33.7 Å². The van der Waals surface area contributed by atoms with Crippen LogP contribution in [0.15, 0.2) is 12.1 Å². The van der Waals surface area contributed by atoms with Crippen LogP contribution >= 0.6 is 23.2 Å². The third-order valence-corrected chi connectivity index (χ3v) is 3.90. The summed E-state index contributed by atoms with van der Waals surface area (Å²) in [5, 5.41) is 0.932.